The Bertz CT molecular complexity index is 725. The number of hydrogen-bond acceptors (Lipinski definition) is 3. The molecule has 4 nitrogen and oxygen atoms in total. The number of rotatable bonds is 4. The molecule has 2 aromatic carbocycles. The molecule has 2 aromatic rings. The largest absolute Gasteiger partial charge is 0.484 e. The first-order valence-electron chi connectivity index (χ1n) is 8.31. The summed E-state index contributed by atoms with van der Waals surface area (Å²) in [6.07, 6.45) is -4.38. The lowest BCUT2D eigenvalue weighted by Gasteiger charge is -2.36. The van der Waals surface area contributed by atoms with Crippen LogP contribution in [0.25, 0.3) is 0 Å². The Morgan fingerprint density at radius 2 is 1.54 bits per heavy atom. The zero-order valence-corrected chi connectivity index (χ0v) is 14.1. The van der Waals surface area contributed by atoms with Crippen molar-refractivity contribution in [1.82, 2.24) is 4.90 Å². The van der Waals surface area contributed by atoms with E-state index in [4.69, 9.17) is 4.74 Å². The molecule has 1 fully saturated rings. The number of halogens is 3. The molecule has 1 heterocycles. The van der Waals surface area contributed by atoms with Gasteiger partial charge in [-0.3, -0.25) is 4.79 Å². The number of ether oxygens (including phenoxy) is 1. The second-order valence-electron chi connectivity index (χ2n) is 6.01. The molecule has 1 aliphatic rings. The Labute approximate surface area is 149 Å². The van der Waals surface area contributed by atoms with Gasteiger partial charge in [0.25, 0.3) is 5.91 Å². The molecule has 0 aromatic heterocycles. The van der Waals surface area contributed by atoms with Crippen molar-refractivity contribution < 1.29 is 22.7 Å². The van der Waals surface area contributed by atoms with Gasteiger partial charge in [0.15, 0.2) is 6.61 Å². The van der Waals surface area contributed by atoms with Crippen molar-refractivity contribution in [2.75, 3.05) is 37.7 Å². The Kier molecular flexibility index (Phi) is 5.35. The minimum absolute atomic E-state index is 0.169. The van der Waals surface area contributed by atoms with Crippen LogP contribution in [-0.4, -0.2) is 43.6 Å². The summed E-state index contributed by atoms with van der Waals surface area (Å²) in [6, 6.07) is 14.3. The zero-order chi connectivity index (χ0) is 18.6. The zero-order valence-electron chi connectivity index (χ0n) is 14.1. The van der Waals surface area contributed by atoms with Crippen molar-refractivity contribution in [3.63, 3.8) is 0 Å². The average molecular weight is 364 g/mol. The van der Waals surface area contributed by atoms with Gasteiger partial charge in [0.05, 0.1) is 5.56 Å². The van der Waals surface area contributed by atoms with Crippen LogP contribution in [0.4, 0.5) is 18.9 Å². The molecule has 0 spiro atoms. The van der Waals surface area contributed by atoms with Crippen LogP contribution in [0.2, 0.25) is 0 Å². The third kappa shape index (κ3) is 4.47. The molecule has 0 saturated carbocycles. The smallest absolute Gasteiger partial charge is 0.416 e. The molecular weight excluding hydrogens is 345 g/mol. The van der Waals surface area contributed by atoms with Gasteiger partial charge in [-0.25, -0.2) is 0 Å². The predicted molar refractivity (Wildman–Crippen MR) is 92.2 cm³/mol. The summed E-state index contributed by atoms with van der Waals surface area (Å²) in [7, 11) is 0. The average Bonchev–Trinajstić information content (AvgIpc) is 2.66. The standard InChI is InChI=1S/C19H19F3N2O2/c20-19(21,22)15-6-8-17(9-7-15)26-14-18(25)24-12-10-23(11-13-24)16-4-2-1-3-5-16/h1-9H,10-14H2. The Balaban J connectivity index is 1.47. The van der Waals surface area contributed by atoms with Gasteiger partial charge in [0.2, 0.25) is 0 Å². The van der Waals surface area contributed by atoms with Gasteiger partial charge in [-0.1, -0.05) is 18.2 Å². The fourth-order valence-corrected chi connectivity index (χ4v) is 2.83. The lowest BCUT2D eigenvalue weighted by Crippen LogP contribution is -2.50. The topological polar surface area (TPSA) is 32.8 Å². The lowest BCUT2D eigenvalue weighted by molar-refractivity contribution is -0.137. The fraction of sp³-hybridized carbons (Fsp3) is 0.316. The van der Waals surface area contributed by atoms with Crippen LogP contribution in [-0.2, 0) is 11.0 Å². The molecule has 1 aliphatic heterocycles. The second kappa shape index (κ2) is 7.68. The molecule has 0 aliphatic carbocycles. The van der Waals surface area contributed by atoms with Crippen LogP contribution in [0, 0.1) is 0 Å². The quantitative estimate of drug-likeness (QED) is 0.833. The molecule has 1 saturated heterocycles. The first kappa shape index (κ1) is 18.1. The summed E-state index contributed by atoms with van der Waals surface area (Å²) in [6.45, 7) is 2.46. The van der Waals surface area contributed by atoms with E-state index in [1.807, 2.05) is 30.3 Å². The van der Waals surface area contributed by atoms with Gasteiger partial charge in [-0.05, 0) is 36.4 Å². The summed E-state index contributed by atoms with van der Waals surface area (Å²) in [5, 5.41) is 0. The van der Waals surface area contributed by atoms with Crippen molar-refractivity contribution >= 4 is 11.6 Å². The minimum atomic E-state index is -4.38. The van der Waals surface area contributed by atoms with E-state index in [1.165, 1.54) is 12.1 Å². The van der Waals surface area contributed by atoms with E-state index in [0.717, 1.165) is 30.9 Å². The number of para-hydroxylation sites is 1. The van der Waals surface area contributed by atoms with Crippen LogP contribution < -0.4 is 9.64 Å². The van der Waals surface area contributed by atoms with Crippen molar-refractivity contribution in [2.45, 2.75) is 6.18 Å². The van der Waals surface area contributed by atoms with E-state index in [0.29, 0.717) is 13.1 Å². The number of alkyl halides is 3. The highest BCUT2D eigenvalue weighted by atomic mass is 19.4. The molecule has 0 bridgehead atoms. The van der Waals surface area contributed by atoms with Crippen LogP contribution in [0.1, 0.15) is 5.56 Å². The highest BCUT2D eigenvalue weighted by molar-refractivity contribution is 5.78. The van der Waals surface area contributed by atoms with E-state index in [2.05, 4.69) is 4.90 Å². The van der Waals surface area contributed by atoms with E-state index in [1.54, 1.807) is 4.90 Å². The molecular formula is C19H19F3N2O2. The number of carbonyl (C=O) groups excluding carboxylic acids is 1. The monoisotopic (exact) mass is 364 g/mol. The molecule has 0 atom stereocenters. The van der Waals surface area contributed by atoms with Gasteiger partial charge < -0.3 is 14.5 Å². The van der Waals surface area contributed by atoms with Crippen molar-refractivity contribution in [2.24, 2.45) is 0 Å². The maximum absolute atomic E-state index is 12.5. The number of hydrogen-bond donors (Lipinski definition) is 0. The summed E-state index contributed by atoms with van der Waals surface area (Å²) in [5.41, 5.74) is 0.383. The first-order chi connectivity index (χ1) is 12.4. The Morgan fingerprint density at radius 3 is 2.12 bits per heavy atom. The molecule has 0 N–H and O–H groups in total. The summed E-state index contributed by atoms with van der Waals surface area (Å²) in [4.78, 5) is 16.2. The highest BCUT2D eigenvalue weighted by Crippen LogP contribution is 2.30. The molecule has 1 amide bonds. The third-order valence-corrected chi connectivity index (χ3v) is 4.30. The van der Waals surface area contributed by atoms with Gasteiger partial charge in [0.1, 0.15) is 5.75 Å². The van der Waals surface area contributed by atoms with E-state index >= 15 is 0 Å². The van der Waals surface area contributed by atoms with Crippen LogP contribution in [0.15, 0.2) is 54.6 Å². The van der Waals surface area contributed by atoms with Gasteiger partial charge in [-0.15, -0.1) is 0 Å². The fourth-order valence-electron chi connectivity index (χ4n) is 2.83. The highest BCUT2D eigenvalue weighted by Gasteiger charge is 2.30. The number of nitrogens with zero attached hydrogens (tertiary/aromatic N) is 2. The first-order valence-corrected chi connectivity index (χ1v) is 8.31. The second-order valence-corrected chi connectivity index (χ2v) is 6.01. The van der Waals surface area contributed by atoms with E-state index < -0.39 is 11.7 Å². The van der Waals surface area contributed by atoms with Crippen molar-refractivity contribution in [3.05, 3.63) is 60.2 Å². The molecule has 0 unspecified atom stereocenters. The summed E-state index contributed by atoms with van der Waals surface area (Å²) < 4.78 is 42.9. The molecule has 138 valence electrons. The van der Waals surface area contributed by atoms with E-state index in [9.17, 15) is 18.0 Å². The number of carbonyl (C=O) groups is 1. The lowest BCUT2D eigenvalue weighted by atomic mass is 10.2. The van der Waals surface area contributed by atoms with Gasteiger partial charge >= 0.3 is 6.18 Å². The SMILES string of the molecule is O=C(COc1ccc(C(F)(F)F)cc1)N1CCN(c2ccccc2)CC1. The molecule has 7 heteroatoms. The van der Waals surface area contributed by atoms with Crippen molar-refractivity contribution in [1.29, 1.82) is 0 Å². The van der Waals surface area contributed by atoms with Gasteiger partial charge in [0, 0.05) is 31.9 Å². The number of amides is 1. The molecule has 3 rings (SSSR count). The Morgan fingerprint density at radius 1 is 0.923 bits per heavy atom. The van der Waals surface area contributed by atoms with Crippen molar-refractivity contribution in [3.8, 4) is 5.75 Å². The number of anilines is 1. The maximum atomic E-state index is 12.5. The molecule has 26 heavy (non-hydrogen) atoms. The molecule has 0 radical (unpaired) electrons. The maximum Gasteiger partial charge on any atom is 0.416 e. The van der Waals surface area contributed by atoms with Crippen LogP contribution >= 0.6 is 0 Å². The third-order valence-electron chi connectivity index (χ3n) is 4.30. The predicted octanol–water partition coefficient (Wildman–Crippen LogP) is 3.43. The Hall–Kier alpha value is -2.70. The van der Waals surface area contributed by atoms with Crippen LogP contribution in [0.3, 0.4) is 0 Å². The van der Waals surface area contributed by atoms with Gasteiger partial charge in [-0.2, -0.15) is 13.2 Å². The summed E-state index contributed by atoms with van der Waals surface area (Å²) >= 11 is 0. The minimum Gasteiger partial charge on any atom is -0.484 e. The normalized spacial score (nSPS) is 15.0. The number of benzene rings is 2. The van der Waals surface area contributed by atoms with E-state index in [-0.39, 0.29) is 18.3 Å². The van der Waals surface area contributed by atoms with Crippen LogP contribution in [0.5, 0.6) is 5.75 Å². The number of piperazine rings is 1. The summed E-state index contributed by atoms with van der Waals surface area (Å²) in [5.74, 6) is 0.0758.